The van der Waals surface area contributed by atoms with Gasteiger partial charge in [-0.05, 0) is 25.5 Å². The van der Waals surface area contributed by atoms with Crippen LogP contribution in [0.2, 0.25) is 0 Å². The fraction of sp³-hybridized carbons (Fsp3) is 1.00. The first kappa shape index (κ1) is 28.3. The minimum absolute atomic E-state index is 0.0882. The van der Waals surface area contributed by atoms with Gasteiger partial charge in [-0.2, -0.15) is 25.3 Å². The minimum Gasteiger partial charge on any atom is -0.394 e. The van der Waals surface area contributed by atoms with E-state index < -0.39 is 68.5 Å². The van der Waals surface area contributed by atoms with Gasteiger partial charge >= 0.3 is 0 Å². The van der Waals surface area contributed by atoms with E-state index in [1.807, 2.05) is 0 Å². The van der Waals surface area contributed by atoms with Crippen molar-refractivity contribution in [3.63, 3.8) is 0 Å². The average Bonchev–Trinajstić information content (AvgIpc) is 2.75. The van der Waals surface area contributed by atoms with Crippen LogP contribution in [0.15, 0.2) is 0 Å². The molecule has 0 saturated carbocycles. The van der Waals surface area contributed by atoms with Gasteiger partial charge in [0.1, 0.15) is 30.5 Å². The van der Waals surface area contributed by atoms with Crippen molar-refractivity contribution in [3.8, 4) is 0 Å². The number of aliphatic hydroxyl groups excluding tert-OH is 6. The highest BCUT2D eigenvalue weighted by Gasteiger charge is 2.45. The molecule has 12 heteroatoms. The van der Waals surface area contributed by atoms with Crippen LogP contribution in [0.1, 0.15) is 26.2 Å². The Kier molecular flexibility index (Phi) is 14.3. The summed E-state index contributed by atoms with van der Waals surface area (Å²) >= 11 is 8.18. The number of thiol groups is 2. The molecule has 0 bridgehead atoms. The summed E-state index contributed by atoms with van der Waals surface area (Å²) in [5, 5.41) is 58.9. The summed E-state index contributed by atoms with van der Waals surface area (Å²) < 4.78 is 22.2. The normalized spacial score (nSPS) is 31.3. The molecule has 0 radical (unpaired) electrons. The zero-order valence-electron chi connectivity index (χ0n) is 17.1. The molecule has 1 rings (SSSR count). The second-order valence-corrected chi connectivity index (χ2v) is 7.98. The Labute approximate surface area is 187 Å². The molecule has 0 aromatic heterocycles. The van der Waals surface area contributed by atoms with Gasteiger partial charge in [-0.1, -0.05) is 6.42 Å². The number of hydrogen-bond acceptors (Lipinski definition) is 12. The molecule has 1 fully saturated rings. The third-order valence-electron chi connectivity index (χ3n) is 4.80. The molecular weight excluding hydrogens is 440 g/mol. The molecule has 30 heavy (non-hydrogen) atoms. The summed E-state index contributed by atoms with van der Waals surface area (Å²) in [6.07, 6.45) is -8.39. The van der Waals surface area contributed by atoms with Crippen LogP contribution in [0.5, 0.6) is 0 Å². The summed E-state index contributed by atoms with van der Waals surface area (Å²) in [4.78, 5) is 0. The number of aliphatic hydroxyl groups is 6. The van der Waals surface area contributed by atoms with Gasteiger partial charge in [0, 0.05) is 12.4 Å². The van der Waals surface area contributed by atoms with E-state index in [1.165, 1.54) is 0 Å². The Morgan fingerprint density at radius 3 is 2.23 bits per heavy atom. The zero-order valence-corrected chi connectivity index (χ0v) is 18.9. The maximum Gasteiger partial charge on any atom is 0.187 e. The average molecular weight is 477 g/mol. The van der Waals surface area contributed by atoms with Gasteiger partial charge in [-0.3, -0.25) is 0 Å². The molecular formula is C18H36O10S2. The topological polar surface area (TPSA) is 158 Å². The Morgan fingerprint density at radius 2 is 1.67 bits per heavy atom. The Morgan fingerprint density at radius 1 is 0.967 bits per heavy atom. The van der Waals surface area contributed by atoms with Gasteiger partial charge in [-0.25, -0.2) is 0 Å². The standard InChI is InChI=1S/C18H36O10S2/c1-10(26-18-16(24)15(23)14(22)13(9-30)28-18)12(8-20)27-17(11(21)7-19)25-5-3-2-4-6-29/h10-24,29-30H,2-9H2,1H3/t10-,11+,12?,13?,14?,15?,16?,17?,18?/m1/s1. The minimum atomic E-state index is -1.53. The Hall–Kier alpha value is 0.300. The highest BCUT2D eigenvalue weighted by Crippen LogP contribution is 2.25. The molecule has 10 nitrogen and oxygen atoms in total. The van der Waals surface area contributed by atoms with Gasteiger partial charge < -0.3 is 49.6 Å². The maximum absolute atomic E-state index is 10.1. The van der Waals surface area contributed by atoms with Crippen LogP contribution in [-0.4, -0.2) is 117 Å². The Bertz CT molecular complexity index is 447. The zero-order chi connectivity index (χ0) is 22.7. The molecule has 1 aliphatic heterocycles. The first-order valence-electron chi connectivity index (χ1n) is 10.0. The van der Waals surface area contributed by atoms with Gasteiger partial charge in [-0.15, -0.1) is 0 Å². The van der Waals surface area contributed by atoms with E-state index in [1.54, 1.807) is 6.92 Å². The lowest BCUT2D eigenvalue weighted by Gasteiger charge is -2.41. The van der Waals surface area contributed by atoms with E-state index >= 15 is 0 Å². The van der Waals surface area contributed by atoms with Gasteiger partial charge in [0.2, 0.25) is 0 Å². The van der Waals surface area contributed by atoms with Crippen LogP contribution >= 0.6 is 25.3 Å². The third-order valence-corrected chi connectivity index (χ3v) is 5.47. The molecule has 1 aliphatic rings. The van der Waals surface area contributed by atoms with E-state index in [0.29, 0.717) is 6.42 Å². The lowest BCUT2D eigenvalue weighted by molar-refractivity contribution is -0.318. The van der Waals surface area contributed by atoms with Crippen LogP contribution in [0.4, 0.5) is 0 Å². The van der Waals surface area contributed by atoms with Crippen molar-refractivity contribution in [1.82, 2.24) is 0 Å². The number of rotatable bonds is 15. The second-order valence-electron chi connectivity index (χ2n) is 7.17. The highest BCUT2D eigenvalue weighted by atomic mass is 32.1. The predicted molar refractivity (Wildman–Crippen MR) is 114 cm³/mol. The predicted octanol–water partition coefficient (Wildman–Crippen LogP) is -1.70. The first-order chi connectivity index (χ1) is 14.3. The summed E-state index contributed by atoms with van der Waals surface area (Å²) in [6, 6.07) is 0. The molecule has 180 valence electrons. The van der Waals surface area contributed by atoms with Gasteiger partial charge in [0.15, 0.2) is 12.6 Å². The fourth-order valence-electron chi connectivity index (χ4n) is 2.87. The largest absolute Gasteiger partial charge is 0.394 e. The van der Waals surface area contributed by atoms with Crippen LogP contribution in [-0.2, 0) is 18.9 Å². The molecule has 6 N–H and O–H groups in total. The van der Waals surface area contributed by atoms with E-state index in [2.05, 4.69) is 25.3 Å². The van der Waals surface area contributed by atoms with Crippen molar-refractivity contribution in [2.24, 2.45) is 0 Å². The van der Waals surface area contributed by atoms with Gasteiger partial charge in [0.05, 0.1) is 25.4 Å². The van der Waals surface area contributed by atoms with Crippen LogP contribution in [0.25, 0.3) is 0 Å². The van der Waals surface area contributed by atoms with Gasteiger partial charge in [0.25, 0.3) is 0 Å². The highest BCUT2D eigenvalue weighted by molar-refractivity contribution is 7.80. The number of unbranched alkanes of at least 4 members (excludes halogenated alkanes) is 2. The van der Waals surface area contributed by atoms with Crippen molar-refractivity contribution >= 4 is 25.3 Å². The molecule has 0 aromatic rings. The van der Waals surface area contributed by atoms with Crippen molar-refractivity contribution in [2.45, 2.75) is 81.5 Å². The summed E-state index contributed by atoms with van der Waals surface area (Å²) in [6.45, 7) is 0.704. The monoisotopic (exact) mass is 476 g/mol. The van der Waals surface area contributed by atoms with E-state index in [-0.39, 0.29) is 12.4 Å². The molecule has 7 unspecified atom stereocenters. The molecule has 0 aliphatic carbocycles. The van der Waals surface area contributed by atoms with Crippen LogP contribution < -0.4 is 0 Å². The summed E-state index contributed by atoms with van der Waals surface area (Å²) in [5.41, 5.74) is 0. The SMILES string of the molecule is C[C@@H](OC1OC(CS)C(O)C(O)C1O)C(CO)OC(OCCCCCS)[C@@H](O)CO. The van der Waals surface area contributed by atoms with Crippen molar-refractivity contribution in [2.75, 3.05) is 31.3 Å². The quantitative estimate of drug-likeness (QED) is 0.0778. The summed E-state index contributed by atoms with van der Waals surface area (Å²) in [7, 11) is 0. The maximum atomic E-state index is 10.1. The lowest BCUT2D eigenvalue weighted by atomic mass is 10.00. The molecule has 1 heterocycles. The van der Waals surface area contributed by atoms with E-state index in [0.717, 1.165) is 18.6 Å². The van der Waals surface area contributed by atoms with Crippen molar-refractivity contribution in [1.29, 1.82) is 0 Å². The third kappa shape index (κ3) is 8.68. The molecule has 1 saturated heterocycles. The fourth-order valence-corrected chi connectivity index (χ4v) is 3.40. The van der Waals surface area contributed by atoms with E-state index in [4.69, 9.17) is 18.9 Å². The molecule has 0 spiro atoms. The molecule has 0 amide bonds. The first-order valence-corrected chi connectivity index (χ1v) is 11.3. The van der Waals surface area contributed by atoms with Crippen LogP contribution in [0.3, 0.4) is 0 Å². The Balaban J connectivity index is 2.68. The number of ether oxygens (including phenoxy) is 4. The lowest BCUT2D eigenvalue weighted by Crippen LogP contribution is -2.59. The number of hydrogen-bond donors (Lipinski definition) is 8. The van der Waals surface area contributed by atoms with Crippen LogP contribution in [0, 0.1) is 0 Å². The van der Waals surface area contributed by atoms with Crippen molar-refractivity contribution in [3.05, 3.63) is 0 Å². The molecule has 0 aromatic carbocycles. The van der Waals surface area contributed by atoms with Crippen molar-refractivity contribution < 1.29 is 49.6 Å². The van der Waals surface area contributed by atoms with E-state index in [9.17, 15) is 30.6 Å². The summed E-state index contributed by atoms with van der Waals surface area (Å²) in [5.74, 6) is 0.848. The second kappa shape index (κ2) is 15.2. The molecule has 9 atom stereocenters. The smallest absolute Gasteiger partial charge is 0.187 e.